The number of carbonyl (C=O) groups is 2. The predicted octanol–water partition coefficient (Wildman–Crippen LogP) is 1.91. The van der Waals surface area contributed by atoms with Gasteiger partial charge in [-0.2, -0.15) is 0 Å². The number of amides is 2. The van der Waals surface area contributed by atoms with E-state index in [-0.39, 0.29) is 11.8 Å². The van der Waals surface area contributed by atoms with Gasteiger partial charge >= 0.3 is 0 Å². The van der Waals surface area contributed by atoms with Crippen LogP contribution in [-0.4, -0.2) is 66.0 Å². The molecule has 0 aliphatic carbocycles. The summed E-state index contributed by atoms with van der Waals surface area (Å²) in [5.41, 5.74) is 5.08. The lowest BCUT2D eigenvalue weighted by Gasteiger charge is -2.34. The minimum absolute atomic E-state index is 0.0107. The molecule has 0 atom stereocenters. The molecule has 0 spiro atoms. The third kappa shape index (κ3) is 3.90. The lowest BCUT2D eigenvalue weighted by molar-refractivity contribution is -0.122. The molecule has 1 fully saturated rings. The van der Waals surface area contributed by atoms with Gasteiger partial charge in [0, 0.05) is 50.3 Å². The molecule has 3 rings (SSSR count). The molecule has 27 heavy (non-hydrogen) atoms. The Bertz CT molecular complexity index is 848. The second kappa shape index (κ2) is 7.96. The molecular formula is C21H28N4O2. The number of para-hydroxylation sites is 1. The zero-order valence-corrected chi connectivity index (χ0v) is 16.6. The van der Waals surface area contributed by atoms with Gasteiger partial charge in [-0.3, -0.25) is 14.5 Å². The summed E-state index contributed by atoms with van der Waals surface area (Å²) in [5, 5.41) is 2.64. The quantitative estimate of drug-likeness (QED) is 0.897. The minimum atomic E-state index is 0.0107. The molecule has 0 radical (unpaired) electrons. The first-order valence-corrected chi connectivity index (χ1v) is 9.39. The van der Waals surface area contributed by atoms with Crippen LogP contribution in [0.4, 0.5) is 0 Å². The van der Waals surface area contributed by atoms with Crippen LogP contribution in [0.5, 0.6) is 0 Å². The highest BCUT2D eigenvalue weighted by Crippen LogP contribution is 2.24. The average molecular weight is 368 g/mol. The van der Waals surface area contributed by atoms with Crippen molar-refractivity contribution >= 4 is 11.8 Å². The van der Waals surface area contributed by atoms with Crippen LogP contribution < -0.4 is 5.32 Å². The van der Waals surface area contributed by atoms with Gasteiger partial charge in [0.25, 0.3) is 5.91 Å². The standard InChI is InChI=1S/C21H28N4O2/c1-15-7-5-6-8-19(15)25-16(2)13-18(17(25)3)21(27)24-11-9-23(10-12-24)14-20(26)22-4/h5-8,13H,9-12,14H2,1-4H3,(H,22,26). The SMILES string of the molecule is CNC(=O)CN1CCN(C(=O)c2cc(C)n(-c3ccccc3C)c2C)CC1. The average Bonchev–Trinajstić information content (AvgIpc) is 2.96. The number of aryl methyl sites for hydroxylation is 2. The predicted molar refractivity (Wildman–Crippen MR) is 106 cm³/mol. The summed E-state index contributed by atoms with van der Waals surface area (Å²) in [4.78, 5) is 28.6. The molecule has 2 aromatic rings. The van der Waals surface area contributed by atoms with E-state index in [2.05, 4.69) is 33.8 Å². The largest absolute Gasteiger partial charge is 0.358 e. The first kappa shape index (κ1) is 19.2. The highest BCUT2D eigenvalue weighted by molar-refractivity contribution is 5.96. The topological polar surface area (TPSA) is 57.6 Å². The first-order valence-electron chi connectivity index (χ1n) is 9.39. The molecule has 0 saturated carbocycles. The summed E-state index contributed by atoms with van der Waals surface area (Å²) in [6.07, 6.45) is 0. The van der Waals surface area contributed by atoms with E-state index in [1.54, 1.807) is 7.05 Å². The molecule has 1 aromatic carbocycles. The van der Waals surface area contributed by atoms with E-state index >= 15 is 0 Å². The van der Waals surface area contributed by atoms with Crippen LogP contribution in [0.1, 0.15) is 27.3 Å². The molecule has 2 heterocycles. The molecule has 0 bridgehead atoms. The Morgan fingerprint density at radius 3 is 2.33 bits per heavy atom. The molecule has 6 nitrogen and oxygen atoms in total. The Kier molecular flexibility index (Phi) is 5.65. The van der Waals surface area contributed by atoms with E-state index in [9.17, 15) is 9.59 Å². The van der Waals surface area contributed by atoms with Gasteiger partial charge in [0.05, 0.1) is 12.1 Å². The van der Waals surface area contributed by atoms with Gasteiger partial charge in [0.15, 0.2) is 0 Å². The zero-order valence-electron chi connectivity index (χ0n) is 16.6. The fourth-order valence-electron chi connectivity index (χ4n) is 3.73. The van der Waals surface area contributed by atoms with E-state index < -0.39 is 0 Å². The molecule has 0 unspecified atom stereocenters. The summed E-state index contributed by atoms with van der Waals surface area (Å²) in [6, 6.07) is 10.2. The highest BCUT2D eigenvalue weighted by Gasteiger charge is 2.26. The normalized spacial score (nSPS) is 15.0. The molecular weight excluding hydrogens is 340 g/mol. The van der Waals surface area contributed by atoms with E-state index in [1.165, 1.54) is 5.56 Å². The molecule has 1 aliphatic rings. The second-order valence-electron chi connectivity index (χ2n) is 7.15. The molecule has 2 amide bonds. The van der Waals surface area contributed by atoms with Crippen molar-refractivity contribution in [2.24, 2.45) is 0 Å². The van der Waals surface area contributed by atoms with Crippen molar-refractivity contribution in [3.8, 4) is 5.69 Å². The van der Waals surface area contributed by atoms with Crippen molar-refractivity contribution in [2.45, 2.75) is 20.8 Å². The van der Waals surface area contributed by atoms with Gasteiger partial charge < -0.3 is 14.8 Å². The number of nitrogens with zero attached hydrogens (tertiary/aromatic N) is 3. The van der Waals surface area contributed by atoms with Crippen molar-refractivity contribution in [1.82, 2.24) is 19.7 Å². The third-order valence-corrected chi connectivity index (χ3v) is 5.32. The Labute approximate surface area is 160 Å². The van der Waals surface area contributed by atoms with Crippen LogP contribution >= 0.6 is 0 Å². The van der Waals surface area contributed by atoms with Gasteiger partial charge in [-0.1, -0.05) is 18.2 Å². The number of rotatable bonds is 4. The number of aromatic nitrogens is 1. The number of piperazine rings is 1. The van der Waals surface area contributed by atoms with Crippen molar-refractivity contribution in [2.75, 3.05) is 39.8 Å². The Morgan fingerprint density at radius 2 is 1.70 bits per heavy atom. The van der Waals surface area contributed by atoms with E-state index in [4.69, 9.17) is 0 Å². The Hall–Kier alpha value is -2.60. The van der Waals surface area contributed by atoms with Crippen LogP contribution in [0.3, 0.4) is 0 Å². The fourth-order valence-corrected chi connectivity index (χ4v) is 3.73. The van der Waals surface area contributed by atoms with Gasteiger partial charge in [-0.15, -0.1) is 0 Å². The number of hydrogen-bond acceptors (Lipinski definition) is 3. The monoisotopic (exact) mass is 368 g/mol. The summed E-state index contributed by atoms with van der Waals surface area (Å²) >= 11 is 0. The number of hydrogen-bond donors (Lipinski definition) is 1. The smallest absolute Gasteiger partial charge is 0.255 e. The molecule has 1 saturated heterocycles. The van der Waals surface area contributed by atoms with Crippen molar-refractivity contribution in [3.05, 3.63) is 52.8 Å². The maximum absolute atomic E-state index is 13.1. The van der Waals surface area contributed by atoms with Crippen LogP contribution in [0.2, 0.25) is 0 Å². The number of likely N-dealkylation sites (N-methyl/N-ethyl adjacent to an activating group) is 1. The maximum atomic E-state index is 13.1. The van der Waals surface area contributed by atoms with Gasteiger partial charge in [-0.25, -0.2) is 0 Å². The molecule has 1 aromatic heterocycles. The van der Waals surface area contributed by atoms with E-state index in [0.29, 0.717) is 19.6 Å². The molecule has 6 heteroatoms. The van der Waals surface area contributed by atoms with Crippen LogP contribution in [0.15, 0.2) is 30.3 Å². The zero-order chi connectivity index (χ0) is 19.6. The van der Waals surface area contributed by atoms with E-state index in [1.807, 2.05) is 36.9 Å². The van der Waals surface area contributed by atoms with Gasteiger partial charge in [0.1, 0.15) is 0 Å². The maximum Gasteiger partial charge on any atom is 0.255 e. The summed E-state index contributed by atoms with van der Waals surface area (Å²) < 4.78 is 2.16. The third-order valence-electron chi connectivity index (χ3n) is 5.32. The fraction of sp³-hybridized carbons (Fsp3) is 0.429. The molecule has 1 aliphatic heterocycles. The summed E-state index contributed by atoms with van der Waals surface area (Å²) in [7, 11) is 1.65. The van der Waals surface area contributed by atoms with Crippen molar-refractivity contribution in [1.29, 1.82) is 0 Å². The van der Waals surface area contributed by atoms with Crippen molar-refractivity contribution in [3.63, 3.8) is 0 Å². The van der Waals surface area contributed by atoms with Crippen LogP contribution in [0, 0.1) is 20.8 Å². The van der Waals surface area contributed by atoms with Gasteiger partial charge in [0.2, 0.25) is 5.91 Å². The highest BCUT2D eigenvalue weighted by atomic mass is 16.2. The minimum Gasteiger partial charge on any atom is -0.358 e. The summed E-state index contributed by atoms with van der Waals surface area (Å²) in [5.74, 6) is 0.0825. The molecule has 144 valence electrons. The van der Waals surface area contributed by atoms with Gasteiger partial charge in [-0.05, 0) is 38.5 Å². The Balaban J connectivity index is 1.76. The Morgan fingerprint density at radius 1 is 1.04 bits per heavy atom. The lowest BCUT2D eigenvalue weighted by atomic mass is 10.1. The van der Waals surface area contributed by atoms with Crippen molar-refractivity contribution < 1.29 is 9.59 Å². The number of benzene rings is 1. The summed E-state index contributed by atoms with van der Waals surface area (Å²) in [6.45, 7) is 9.24. The first-order chi connectivity index (χ1) is 12.9. The number of carbonyl (C=O) groups excluding carboxylic acids is 2. The second-order valence-corrected chi connectivity index (χ2v) is 7.15. The lowest BCUT2D eigenvalue weighted by Crippen LogP contribution is -2.50. The van der Waals surface area contributed by atoms with Crippen LogP contribution in [0.25, 0.3) is 5.69 Å². The van der Waals surface area contributed by atoms with E-state index in [0.717, 1.165) is 35.7 Å². The molecule has 1 N–H and O–H groups in total. The van der Waals surface area contributed by atoms with Crippen LogP contribution in [-0.2, 0) is 4.79 Å². The number of nitrogens with one attached hydrogen (secondary N) is 1.